The summed E-state index contributed by atoms with van der Waals surface area (Å²) in [5, 5.41) is 11.9. The highest BCUT2D eigenvalue weighted by Crippen LogP contribution is 2.30. The van der Waals surface area contributed by atoms with E-state index in [9.17, 15) is 5.11 Å². The molecule has 94 valence electrons. The number of halogens is 1. The lowest BCUT2D eigenvalue weighted by Gasteiger charge is -2.31. The number of pyridine rings is 1. The van der Waals surface area contributed by atoms with E-state index in [2.05, 4.69) is 31.9 Å². The third-order valence-corrected chi connectivity index (χ3v) is 4.19. The molecule has 0 aliphatic carbocycles. The molecule has 0 bridgehead atoms. The van der Waals surface area contributed by atoms with Crippen LogP contribution in [0.2, 0.25) is 0 Å². The largest absolute Gasteiger partial charge is 0.393 e. The Morgan fingerprint density at radius 1 is 1.17 bits per heavy atom. The summed E-state index contributed by atoms with van der Waals surface area (Å²) in [7, 11) is 0. The van der Waals surface area contributed by atoms with Crippen LogP contribution in [0.1, 0.15) is 12.8 Å². The molecule has 1 N–H and O–H groups in total. The summed E-state index contributed by atoms with van der Waals surface area (Å²) in [4.78, 5) is 6.79. The van der Waals surface area contributed by atoms with Crippen molar-refractivity contribution in [3.63, 3.8) is 0 Å². The maximum Gasteiger partial charge on any atom is 0.136 e. The number of hydrogen-bond donors (Lipinski definition) is 1. The normalized spacial score (nSPS) is 17.3. The molecule has 4 heteroatoms. The van der Waals surface area contributed by atoms with Crippen LogP contribution in [0.4, 0.5) is 5.82 Å². The topological polar surface area (TPSA) is 36.4 Å². The van der Waals surface area contributed by atoms with E-state index >= 15 is 0 Å². The van der Waals surface area contributed by atoms with Gasteiger partial charge in [-0.05, 0) is 25.0 Å². The minimum absolute atomic E-state index is 0.150. The van der Waals surface area contributed by atoms with Crippen LogP contribution in [0.3, 0.4) is 0 Å². The Labute approximate surface area is 115 Å². The molecule has 1 aliphatic heterocycles. The van der Waals surface area contributed by atoms with Gasteiger partial charge in [0, 0.05) is 34.5 Å². The van der Waals surface area contributed by atoms with Gasteiger partial charge in [-0.15, -0.1) is 0 Å². The monoisotopic (exact) mass is 306 g/mol. The molecule has 0 saturated carbocycles. The maximum absolute atomic E-state index is 9.58. The lowest BCUT2D eigenvalue weighted by atomic mass is 10.1. The number of nitrogens with zero attached hydrogens (tertiary/aromatic N) is 2. The van der Waals surface area contributed by atoms with Gasteiger partial charge < -0.3 is 10.0 Å². The Hall–Kier alpha value is -1.13. The minimum atomic E-state index is -0.150. The van der Waals surface area contributed by atoms with E-state index in [0.29, 0.717) is 0 Å². The number of aliphatic hydroxyl groups is 1. The first kappa shape index (κ1) is 11.9. The summed E-state index contributed by atoms with van der Waals surface area (Å²) in [6, 6.07) is 8.22. The predicted octanol–water partition coefficient (Wildman–Crippen LogP) is 2.96. The van der Waals surface area contributed by atoms with Gasteiger partial charge in [0.25, 0.3) is 0 Å². The van der Waals surface area contributed by atoms with Crippen LogP contribution in [0.15, 0.2) is 34.9 Å². The molecule has 1 saturated heterocycles. The van der Waals surface area contributed by atoms with Gasteiger partial charge in [-0.1, -0.05) is 28.1 Å². The summed E-state index contributed by atoms with van der Waals surface area (Å²) in [6.45, 7) is 1.75. The smallest absolute Gasteiger partial charge is 0.136 e. The molecule has 1 aromatic carbocycles. The number of piperidine rings is 1. The van der Waals surface area contributed by atoms with Crippen LogP contribution in [-0.4, -0.2) is 29.3 Å². The first-order valence-corrected chi connectivity index (χ1v) is 7.01. The van der Waals surface area contributed by atoms with E-state index in [1.54, 1.807) is 0 Å². The average molecular weight is 307 g/mol. The fourth-order valence-electron chi connectivity index (χ4n) is 2.48. The van der Waals surface area contributed by atoms with Gasteiger partial charge in [0.1, 0.15) is 5.82 Å². The van der Waals surface area contributed by atoms with Crippen molar-refractivity contribution < 1.29 is 5.11 Å². The number of aromatic nitrogens is 1. The van der Waals surface area contributed by atoms with Gasteiger partial charge >= 0.3 is 0 Å². The molecule has 1 aromatic heterocycles. The summed E-state index contributed by atoms with van der Waals surface area (Å²) < 4.78 is 1.10. The molecule has 0 atom stereocenters. The zero-order valence-corrected chi connectivity index (χ0v) is 11.6. The van der Waals surface area contributed by atoms with E-state index in [4.69, 9.17) is 0 Å². The molecule has 1 aliphatic rings. The number of benzene rings is 1. The Morgan fingerprint density at radius 3 is 2.72 bits per heavy atom. The van der Waals surface area contributed by atoms with E-state index < -0.39 is 0 Å². The summed E-state index contributed by atoms with van der Waals surface area (Å²) in [5.74, 6) is 1.03. The molecule has 18 heavy (non-hydrogen) atoms. The van der Waals surface area contributed by atoms with Crippen molar-refractivity contribution in [3.8, 4) is 0 Å². The van der Waals surface area contributed by atoms with Gasteiger partial charge in [-0.2, -0.15) is 0 Å². The average Bonchev–Trinajstić information content (AvgIpc) is 2.40. The molecule has 0 radical (unpaired) electrons. The van der Waals surface area contributed by atoms with Gasteiger partial charge in [0.05, 0.1) is 6.10 Å². The molecule has 0 unspecified atom stereocenters. The van der Waals surface area contributed by atoms with Crippen molar-refractivity contribution in [1.29, 1.82) is 0 Å². The van der Waals surface area contributed by atoms with Crippen molar-refractivity contribution >= 4 is 32.5 Å². The molecular formula is C14H15BrN2O. The van der Waals surface area contributed by atoms with Crippen molar-refractivity contribution in [2.75, 3.05) is 18.0 Å². The number of hydrogen-bond acceptors (Lipinski definition) is 3. The SMILES string of the molecule is OC1CCN(c2nccc3c(Br)cccc23)CC1. The fourth-order valence-corrected chi connectivity index (χ4v) is 2.98. The fraction of sp³-hybridized carbons (Fsp3) is 0.357. The second-order valence-corrected chi connectivity index (χ2v) is 5.54. The zero-order valence-electron chi connectivity index (χ0n) is 10.0. The lowest BCUT2D eigenvalue weighted by Crippen LogP contribution is -2.36. The third-order valence-electron chi connectivity index (χ3n) is 3.50. The second kappa shape index (κ2) is 4.86. The quantitative estimate of drug-likeness (QED) is 0.880. The Balaban J connectivity index is 2.04. The van der Waals surface area contributed by atoms with Crippen LogP contribution >= 0.6 is 15.9 Å². The molecule has 0 amide bonds. The second-order valence-electron chi connectivity index (χ2n) is 4.69. The van der Waals surface area contributed by atoms with Crippen molar-refractivity contribution in [2.24, 2.45) is 0 Å². The lowest BCUT2D eigenvalue weighted by molar-refractivity contribution is 0.145. The number of anilines is 1. The van der Waals surface area contributed by atoms with E-state index in [1.165, 1.54) is 10.8 Å². The van der Waals surface area contributed by atoms with Crippen LogP contribution in [0, 0.1) is 0 Å². The van der Waals surface area contributed by atoms with Gasteiger partial charge in [0.15, 0.2) is 0 Å². The predicted molar refractivity (Wildman–Crippen MR) is 76.9 cm³/mol. The number of fused-ring (bicyclic) bond motifs is 1. The zero-order chi connectivity index (χ0) is 12.5. The highest BCUT2D eigenvalue weighted by atomic mass is 79.9. The standard InChI is InChI=1S/C14H15BrN2O/c15-13-3-1-2-12-11(13)4-7-16-14(12)17-8-5-10(18)6-9-17/h1-4,7,10,18H,5-6,8-9H2. The van der Waals surface area contributed by atoms with Crippen molar-refractivity contribution in [3.05, 3.63) is 34.9 Å². The highest BCUT2D eigenvalue weighted by molar-refractivity contribution is 9.10. The Bertz CT molecular complexity index is 565. The van der Waals surface area contributed by atoms with E-state index in [1.807, 2.05) is 24.4 Å². The molecular weight excluding hydrogens is 292 g/mol. The van der Waals surface area contributed by atoms with Crippen LogP contribution in [-0.2, 0) is 0 Å². The Morgan fingerprint density at radius 2 is 1.94 bits per heavy atom. The van der Waals surface area contributed by atoms with Crippen molar-refractivity contribution in [2.45, 2.75) is 18.9 Å². The van der Waals surface area contributed by atoms with Crippen LogP contribution in [0.5, 0.6) is 0 Å². The summed E-state index contributed by atoms with van der Waals surface area (Å²) in [5.41, 5.74) is 0. The molecule has 0 spiro atoms. The van der Waals surface area contributed by atoms with Crippen molar-refractivity contribution in [1.82, 2.24) is 4.98 Å². The van der Waals surface area contributed by atoms with Gasteiger partial charge in [-0.25, -0.2) is 4.98 Å². The number of aliphatic hydroxyl groups excluding tert-OH is 1. The highest BCUT2D eigenvalue weighted by Gasteiger charge is 2.19. The van der Waals surface area contributed by atoms with Gasteiger partial charge in [-0.3, -0.25) is 0 Å². The molecule has 3 nitrogen and oxygen atoms in total. The first-order chi connectivity index (χ1) is 8.75. The third kappa shape index (κ3) is 2.10. The van der Waals surface area contributed by atoms with Crippen LogP contribution < -0.4 is 4.90 Å². The molecule has 2 heterocycles. The van der Waals surface area contributed by atoms with Crippen LogP contribution in [0.25, 0.3) is 10.8 Å². The minimum Gasteiger partial charge on any atom is -0.393 e. The first-order valence-electron chi connectivity index (χ1n) is 6.22. The number of rotatable bonds is 1. The molecule has 3 rings (SSSR count). The summed E-state index contributed by atoms with van der Waals surface area (Å²) >= 11 is 3.58. The maximum atomic E-state index is 9.58. The molecule has 2 aromatic rings. The van der Waals surface area contributed by atoms with Gasteiger partial charge in [0.2, 0.25) is 0 Å². The summed E-state index contributed by atoms with van der Waals surface area (Å²) in [6.07, 6.45) is 3.36. The molecule has 1 fully saturated rings. The van der Waals surface area contributed by atoms with E-state index in [0.717, 1.165) is 36.2 Å². The Kier molecular flexibility index (Phi) is 3.22. The van der Waals surface area contributed by atoms with E-state index in [-0.39, 0.29) is 6.10 Å².